The van der Waals surface area contributed by atoms with E-state index in [4.69, 9.17) is 0 Å². The first-order valence-electron chi connectivity index (χ1n) is 7.51. The minimum Gasteiger partial charge on any atom is -0.320 e. The van der Waals surface area contributed by atoms with Crippen LogP contribution in [0.25, 0.3) is 0 Å². The van der Waals surface area contributed by atoms with Crippen LogP contribution in [-0.2, 0) is 0 Å². The Kier molecular flexibility index (Phi) is 5.75. The second kappa shape index (κ2) is 7.34. The van der Waals surface area contributed by atoms with Crippen LogP contribution in [0.5, 0.6) is 0 Å². The Hall–Kier alpha value is -0.120. The zero-order valence-electron chi connectivity index (χ0n) is 11.5. The molecule has 0 bridgehead atoms. The highest BCUT2D eigenvalue weighted by molar-refractivity contribution is 4.82. The highest BCUT2D eigenvalue weighted by Gasteiger charge is 2.25. The fraction of sp³-hybridized carbons (Fsp3) is 1.00. The summed E-state index contributed by atoms with van der Waals surface area (Å²) in [7, 11) is 2.04. The molecule has 2 saturated heterocycles. The van der Waals surface area contributed by atoms with E-state index in [1.165, 1.54) is 77.8 Å². The van der Waals surface area contributed by atoms with Crippen molar-refractivity contribution >= 4 is 0 Å². The third-order valence-electron chi connectivity index (χ3n) is 4.37. The van der Waals surface area contributed by atoms with Crippen LogP contribution in [0.3, 0.4) is 0 Å². The van der Waals surface area contributed by atoms with Gasteiger partial charge in [0.2, 0.25) is 0 Å². The molecule has 0 aromatic rings. The molecule has 100 valence electrons. The maximum atomic E-state index is 3.22. The lowest BCUT2D eigenvalue weighted by Gasteiger charge is -2.36. The molecule has 2 aliphatic rings. The molecule has 0 atom stereocenters. The summed E-state index contributed by atoms with van der Waals surface area (Å²) in [6.07, 6.45) is 8.37. The first-order chi connectivity index (χ1) is 8.40. The van der Waals surface area contributed by atoms with E-state index in [2.05, 4.69) is 15.1 Å². The Morgan fingerprint density at radius 3 is 2.35 bits per heavy atom. The van der Waals surface area contributed by atoms with Crippen molar-refractivity contribution in [3.63, 3.8) is 0 Å². The maximum Gasteiger partial charge on any atom is 0.0120 e. The molecule has 0 aliphatic carbocycles. The second-order valence-electron chi connectivity index (χ2n) is 5.63. The molecule has 3 nitrogen and oxygen atoms in total. The number of hydrogen-bond donors (Lipinski definition) is 1. The number of rotatable bonds is 6. The van der Waals surface area contributed by atoms with Crippen LogP contribution < -0.4 is 5.32 Å². The van der Waals surface area contributed by atoms with Crippen molar-refractivity contribution in [2.24, 2.45) is 0 Å². The molecule has 1 N–H and O–H groups in total. The molecular formula is C14H29N3. The Morgan fingerprint density at radius 1 is 1.00 bits per heavy atom. The van der Waals surface area contributed by atoms with Crippen LogP contribution >= 0.6 is 0 Å². The highest BCUT2D eigenvalue weighted by Crippen LogP contribution is 2.21. The number of nitrogens with one attached hydrogen (secondary N) is 1. The van der Waals surface area contributed by atoms with E-state index in [0.29, 0.717) is 0 Å². The van der Waals surface area contributed by atoms with Crippen LogP contribution in [0.2, 0.25) is 0 Å². The van der Waals surface area contributed by atoms with Gasteiger partial charge in [-0.1, -0.05) is 0 Å². The van der Waals surface area contributed by atoms with E-state index in [0.717, 1.165) is 6.04 Å². The summed E-state index contributed by atoms with van der Waals surface area (Å²) in [5.74, 6) is 0. The van der Waals surface area contributed by atoms with Crippen LogP contribution in [-0.4, -0.2) is 62.2 Å². The van der Waals surface area contributed by atoms with Crippen molar-refractivity contribution in [3.8, 4) is 0 Å². The van der Waals surface area contributed by atoms with Crippen molar-refractivity contribution in [1.29, 1.82) is 0 Å². The fourth-order valence-electron chi connectivity index (χ4n) is 3.25. The Balaban J connectivity index is 1.57. The standard InChI is InChI=1S/C14H29N3/c1-15-8-2-3-9-16-12-6-14(7-13-16)17-10-4-5-11-17/h14-15H,2-13H2,1H3. The molecule has 0 saturated carbocycles. The summed E-state index contributed by atoms with van der Waals surface area (Å²) in [4.78, 5) is 5.40. The monoisotopic (exact) mass is 239 g/mol. The van der Waals surface area contributed by atoms with Gasteiger partial charge < -0.3 is 15.1 Å². The van der Waals surface area contributed by atoms with Crippen LogP contribution in [0.1, 0.15) is 38.5 Å². The number of piperidine rings is 1. The molecule has 17 heavy (non-hydrogen) atoms. The van der Waals surface area contributed by atoms with Gasteiger partial charge in [0, 0.05) is 6.04 Å². The minimum atomic E-state index is 0.908. The summed E-state index contributed by atoms with van der Waals surface area (Å²) in [5.41, 5.74) is 0. The first kappa shape index (κ1) is 13.3. The number of likely N-dealkylation sites (tertiary alicyclic amines) is 2. The second-order valence-corrected chi connectivity index (χ2v) is 5.63. The molecule has 0 aromatic heterocycles. The van der Waals surface area contributed by atoms with Gasteiger partial charge in [0.05, 0.1) is 0 Å². The SMILES string of the molecule is CNCCCCN1CCC(N2CCCC2)CC1. The summed E-state index contributed by atoms with van der Waals surface area (Å²) < 4.78 is 0. The van der Waals surface area contributed by atoms with Crippen molar-refractivity contribution in [2.75, 3.05) is 46.3 Å². The van der Waals surface area contributed by atoms with Crippen molar-refractivity contribution in [2.45, 2.75) is 44.6 Å². The molecule has 0 spiro atoms. The molecule has 2 heterocycles. The summed E-state index contributed by atoms with van der Waals surface area (Å²) in [6, 6.07) is 0.908. The summed E-state index contributed by atoms with van der Waals surface area (Å²) in [6.45, 7) is 7.89. The van der Waals surface area contributed by atoms with E-state index in [1.54, 1.807) is 0 Å². The van der Waals surface area contributed by atoms with Gasteiger partial charge in [-0.15, -0.1) is 0 Å². The van der Waals surface area contributed by atoms with Crippen molar-refractivity contribution in [3.05, 3.63) is 0 Å². The van der Waals surface area contributed by atoms with Crippen LogP contribution in [0.15, 0.2) is 0 Å². The zero-order valence-corrected chi connectivity index (χ0v) is 11.5. The Bertz CT molecular complexity index is 194. The quantitative estimate of drug-likeness (QED) is 0.710. The topological polar surface area (TPSA) is 18.5 Å². The average molecular weight is 239 g/mol. The average Bonchev–Trinajstić information content (AvgIpc) is 2.89. The molecule has 0 amide bonds. The van der Waals surface area contributed by atoms with E-state index in [9.17, 15) is 0 Å². The van der Waals surface area contributed by atoms with E-state index >= 15 is 0 Å². The van der Waals surface area contributed by atoms with Gasteiger partial charge in [-0.3, -0.25) is 0 Å². The lowest BCUT2D eigenvalue weighted by Crippen LogP contribution is -2.44. The fourth-order valence-corrected chi connectivity index (χ4v) is 3.25. The number of hydrogen-bond acceptors (Lipinski definition) is 3. The molecule has 0 unspecified atom stereocenters. The van der Waals surface area contributed by atoms with Gasteiger partial charge in [0.25, 0.3) is 0 Å². The molecule has 2 aliphatic heterocycles. The molecule has 2 fully saturated rings. The minimum absolute atomic E-state index is 0.908. The Morgan fingerprint density at radius 2 is 1.71 bits per heavy atom. The van der Waals surface area contributed by atoms with Gasteiger partial charge in [-0.2, -0.15) is 0 Å². The van der Waals surface area contributed by atoms with Crippen LogP contribution in [0, 0.1) is 0 Å². The molecular weight excluding hydrogens is 210 g/mol. The number of nitrogens with zero attached hydrogens (tertiary/aromatic N) is 2. The van der Waals surface area contributed by atoms with Gasteiger partial charge in [0.1, 0.15) is 0 Å². The van der Waals surface area contributed by atoms with Gasteiger partial charge in [-0.05, 0) is 84.8 Å². The van der Waals surface area contributed by atoms with Crippen molar-refractivity contribution < 1.29 is 0 Å². The Labute approximate surface area is 107 Å². The number of unbranched alkanes of at least 4 members (excludes halogenated alkanes) is 1. The van der Waals surface area contributed by atoms with Gasteiger partial charge >= 0.3 is 0 Å². The summed E-state index contributed by atoms with van der Waals surface area (Å²) in [5, 5.41) is 3.22. The normalized spacial score (nSPS) is 24.5. The third-order valence-corrected chi connectivity index (χ3v) is 4.37. The van der Waals surface area contributed by atoms with Gasteiger partial charge in [0.15, 0.2) is 0 Å². The first-order valence-corrected chi connectivity index (χ1v) is 7.51. The largest absolute Gasteiger partial charge is 0.320 e. The summed E-state index contributed by atoms with van der Waals surface area (Å²) >= 11 is 0. The zero-order chi connectivity index (χ0) is 11.9. The van der Waals surface area contributed by atoms with E-state index in [-0.39, 0.29) is 0 Å². The lowest BCUT2D eigenvalue weighted by molar-refractivity contribution is 0.126. The smallest absolute Gasteiger partial charge is 0.0120 e. The third kappa shape index (κ3) is 4.23. The van der Waals surface area contributed by atoms with E-state index < -0.39 is 0 Å². The molecule has 2 rings (SSSR count). The van der Waals surface area contributed by atoms with Crippen molar-refractivity contribution in [1.82, 2.24) is 15.1 Å². The van der Waals surface area contributed by atoms with Crippen LogP contribution in [0.4, 0.5) is 0 Å². The molecule has 0 aromatic carbocycles. The lowest BCUT2D eigenvalue weighted by atomic mass is 10.0. The highest BCUT2D eigenvalue weighted by atomic mass is 15.2. The predicted molar refractivity (Wildman–Crippen MR) is 73.4 cm³/mol. The predicted octanol–water partition coefficient (Wildman–Crippen LogP) is 1.55. The molecule has 3 heteroatoms. The molecule has 0 radical (unpaired) electrons. The maximum absolute atomic E-state index is 3.22. The van der Waals surface area contributed by atoms with E-state index in [1.807, 2.05) is 7.05 Å². The van der Waals surface area contributed by atoms with Gasteiger partial charge in [-0.25, -0.2) is 0 Å².